The summed E-state index contributed by atoms with van der Waals surface area (Å²) in [5.74, 6) is 0. The van der Waals surface area contributed by atoms with Gasteiger partial charge in [-0.15, -0.1) is 0 Å². The molecule has 0 nitrogen and oxygen atoms in total. The van der Waals surface area contributed by atoms with Crippen molar-refractivity contribution >= 4 is 53.9 Å². The average Bonchev–Trinajstić information content (AvgIpc) is 3.65. The van der Waals surface area contributed by atoms with Gasteiger partial charge in [0.2, 0.25) is 0 Å². The molecule has 0 N–H and O–H groups in total. The van der Waals surface area contributed by atoms with Gasteiger partial charge in [0.1, 0.15) is 0 Å². The highest BCUT2D eigenvalue weighted by Gasteiger charge is 2.51. The lowest BCUT2D eigenvalue weighted by atomic mass is 9.70. The first-order valence-corrected chi connectivity index (χ1v) is 17.9. The topological polar surface area (TPSA) is 0 Å². The Morgan fingerprint density at radius 3 is 1.33 bits per heavy atom. The van der Waals surface area contributed by atoms with Gasteiger partial charge in [-0.1, -0.05) is 140 Å². The van der Waals surface area contributed by atoms with Crippen molar-refractivity contribution in [3.63, 3.8) is 0 Å². The van der Waals surface area contributed by atoms with E-state index in [-0.39, 0.29) is 5.41 Å². The van der Waals surface area contributed by atoms with Gasteiger partial charge in [-0.2, -0.15) is 0 Å². The standard InChI is InChI=1S/C51H30/c1-2-11-32-25-38-28-44-35(27-37(38)24-31(32)10-1)21-20-34-26-33-12-9-16-39(45(33)30-46(34)44)36-22-23-43-42-15-5-8-19-49(42)51(50(43)29-36)47-17-6-3-13-40(47)41-14-4-7-18-48(41)51/h1-30H. The molecule has 0 saturated heterocycles. The first-order chi connectivity index (χ1) is 25.3. The molecule has 0 aromatic heterocycles. The third kappa shape index (κ3) is 3.54. The van der Waals surface area contributed by atoms with Crippen LogP contribution >= 0.6 is 0 Å². The lowest BCUT2D eigenvalue weighted by Crippen LogP contribution is -2.25. The van der Waals surface area contributed by atoms with Crippen LogP contribution in [0.25, 0.3) is 87.2 Å². The molecule has 1 spiro atoms. The van der Waals surface area contributed by atoms with Gasteiger partial charge in [0, 0.05) is 0 Å². The minimum atomic E-state index is -0.353. The van der Waals surface area contributed by atoms with Gasteiger partial charge < -0.3 is 0 Å². The Bertz CT molecular complexity index is 3080. The Morgan fingerprint density at radius 2 is 0.686 bits per heavy atom. The van der Waals surface area contributed by atoms with Crippen molar-refractivity contribution < 1.29 is 0 Å². The zero-order chi connectivity index (χ0) is 33.3. The Kier molecular flexibility index (Phi) is 5.26. The first-order valence-electron chi connectivity index (χ1n) is 17.9. The van der Waals surface area contributed by atoms with Gasteiger partial charge in [0.05, 0.1) is 5.41 Å². The van der Waals surface area contributed by atoms with Crippen LogP contribution in [0.1, 0.15) is 22.3 Å². The smallest absolute Gasteiger partial charge is 0.0619 e. The second-order valence-corrected chi connectivity index (χ2v) is 14.4. The molecule has 0 aliphatic heterocycles. The molecular formula is C51H30. The van der Waals surface area contributed by atoms with Crippen molar-refractivity contribution in [1.82, 2.24) is 0 Å². The molecule has 0 bridgehead atoms. The minimum Gasteiger partial charge on any atom is -0.0619 e. The van der Waals surface area contributed by atoms with Gasteiger partial charge in [0.25, 0.3) is 0 Å². The third-order valence-corrected chi connectivity index (χ3v) is 12.0. The van der Waals surface area contributed by atoms with Crippen LogP contribution in [0.3, 0.4) is 0 Å². The molecule has 0 saturated carbocycles. The Labute approximate surface area is 295 Å². The molecule has 2 aliphatic carbocycles. The van der Waals surface area contributed by atoms with Crippen molar-refractivity contribution in [2.75, 3.05) is 0 Å². The van der Waals surface area contributed by atoms with Gasteiger partial charge in [-0.25, -0.2) is 0 Å². The van der Waals surface area contributed by atoms with Crippen molar-refractivity contribution in [2.45, 2.75) is 5.41 Å². The highest BCUT2D eigenvalue weighted by molar-refractivity contribution is 6.17. The fraction of sp³-hybridized carbons (Fsp3) is 0.0196. The van der Waals surface area contributed by atoms with Crippen molar-refractivity contribution in [1.29, 1.82) is 0 Å². The van der Waals surface area contributed by atoms with E-state index in [0.717, 1.165) is 0 Å². The Hall–Kier alpha value is -6.50. The quantitative estimate of drug-likeness (QED) is 0.123. The van der Waals surface area contributed by atoms with E-state index in [1.807, 2.05) is 0 Å². The van der Waals surface area contributed by atoms with Crippen molar-refractivity contribution in [3.8, 4) is 33.4 Å². The highest BCUT2D eigenvalue weighted by atomic mass is 14.5. The molecule has 10 aromatic carbocycles. The van der Waals surface area contributed by atoms with E-state index < -0.39 is 0 Å². The summed E-state index contributed by atoms with van der Waals surface area (Å²) in [4.78, 5) is 0. The van der Waals surface area contributed by atoms with Crippen LogP contribution in [0.5, 0.6) is 0 Å². The van der Waals surface area contributed by atoms with Crippen LogP contribution in [-0.4, -0.2) is 0 Å². The summed E-state index contributed by atoms with van der Waals surface area (Å²) in [5, 5.41) is 12.8. The fourth-order valence-corrected chi connectivity index (χ4v) is 9.79. The highest BCUT2D eigenvalue weighted by Crippen LogP contribution is 2.63. The van der Waals surface area contributed by atoms with E-state index in [1.165, 1.54) is 109 Å². The van der Waals surface area contributed by atoms with Crippen molar-refractivity contribution in [2.24, 2.45) is 0 Å². The number of benzene rings is 10. The largest absolute Gasteiger partial charge is 0.0725 e. The molecule has 0 fully saturated rings. The number of hydrogen-bond donors (Lipinski definition) is 0. The number of hydrogen-bond acceptors (Lipinski definition) is 0. The second kappa shape index (κ2) is 9.81. The summed E-state index contributed by atoms with van der Waals surface area (Å²) in [5.41, 5.74) is 13.0. The molecule has 0 heteroatoms. The SMILES string of the molecule is c1ccc2c(c1)-c1ccccc1C21c2ccccc2-c2ccc(-c3cccc4cc5ccc6cc7cc8ccccc8cc7cc6c5cc34)cc21. The predicted octanol–water partition coefficient (Wildman–Crippen LogP) is 13.5. The number of rotatable bonds is 1. The van der Waals surface area contributed by atoms with E-state index in [1.54, 1.807) is 0 Å². The summed E-state index contributed by atoms with van der Waals surface area (Å²) in [7, 11) is 0. The van der Waals surface area contributed by atoms with E-state index in [9.17, 15) is 0 Å². The maximum atomic E-state index is 2.51. The maximum absolute atomic E-state index is 2.51. The average molecular weight is 643 g/mol. The van der Waals surface area contributed by atoms with Crippen LogP contribution < -0.4 is 0 Å². The summed E-state index contributed by atoms with van der Waals surface area (Å²) in [6.07, 6.45) is 0. The zero-order valence-corrected chi connectivity index (χ0v) is 27.8. The van der Waals surface area contributed by atoms with Gasteiger partial charge in [0.15, 0.2) is 0 Å². The minimum absolute atomic E-state index is 0.353. The molecule has 0 heterocycles. The fourth-order valence-electron chi connectivity index (χ4n) is 9.79. The van der Waals surface area contributed by atoms with Crippen LogP contribution in [0.15, 0.2) is 182 Å². The molecule has 0 radical (unpaired) electrons. The molecule has 2 aliphatic rings. The molecule has 0 atom stereocenters. The van der Waals surface area contributed by atoms with Crippen LogP contribution in [0, 0.1) is 0 Å². The van der Waals surface area contributed by atoms with Crippen LogP contribution in [-0.2, 0) is 5.41 Å². The van der Waals surface area contributed by atoms with E-state index >= 15 is 0 Å². The monoisotopic (exact) mass is 642 g/mol. The normalized spacial score (nSPS) is 13.6. The molecule has 234 valence electrons. The van der Waals surface area contributed by atoms with Gasteiger partial charge in [-0.05, 0) is 152 Å². The molecule has 0 unspecified atom stereocenters. The van der Waals surface area contributed by atoms with E-state index in [2.05, 4.69) is 182 Å². The van der Waals surface area contributed by atoms with Crippen LogP contribution in [0.2, 0.25) is 0 Å². The Balaban J connectivity index is 1.12. The second-order valence-electron chi connectivity index (χ2n) is 14.4. The maximum Gasteiger partial charge on any atom is 0.0725 e. The third-order valence-electron chi connectivity index (χ3n) is 12.0. The van der Waals surface area contributed by atoms with Crippen molar-refractivity contribution in [3.05, 3.63) is 204 Å². The predicted molar refractivity (Wildman–Crippen MR) is 216 cm³/mol. The molecule has 0 amide bonds. The molecular weight excluding hydrogens is 613 g/mol. The van der Waals surface area contributed by atoms with E-state index in [0.29, 0.717) is 0 Å². The van der Waals surface area contributed by atoms with Crippen LogP contribution in [0.4, 0.5) is 0 Å². The summed E-state index contributed by atoms with van der Waals surface area (Å²) >= 11 is 0. The lowest BCUT2D eigenvalue weighted by Gasteiger charge is -2.30. The van der Waals surface area contributed by atoms with E-state index in [4.69, 9.17) is 0 Å². The summed E-state index contributed by atoms with van der Waals surface area (Å²) in [6, 6.07) is 68.7. The number of fused-ring (bicyclic) bond motifs is 16. The first kappa shape index (κ1) is 27.3. The van der Waals surface area contributed by atoms with Gasteiger partial charge in [-0.3, -0.25) is 0 Å². The summed E-state index contributed by atoms with van der Waals surface area (Å²) < 4.78 is 0. The van der Waals surface area contributed by atoms with Gasteiger partial charge >= 0.3 is 0 Å². The molecule has 10 aromatic rings. The Morgan fingerprint density at radius 1 is 0.235 bits per heavy atom. The molecule has 12 rings (SSSR count). The lowest BCUT2D eigenvalue weighted by molar-refractivity contribution is 0.794. The molecule has 51 heavy (non-hydrogen) atoms. The summed E-state index contributed by atoms with van der Waals surface area (Å²) in [6.45, 7) is 0. The zero-order valence-electron chi connectivity index (χ0n) is 27.8.